The highest BCUT2D eigenvalue weighted by atomic mass is 16.5. The first-order valence-corrected chi connectivity index (χ1v) is 7.75. The number of carbonyl (C=O) groups excluding carboxylic acids is 1. The maximum absolute atomic E-state index is 12.1. The van der Waals surface area contributed by atoms with Crippen LogP contribution in [0.1, 0.15) is 57.1 Å². The van der Waals surface area contributed by atoms with Gasteiger partial charge in [-0.05, 0) is 31.2 Å². The number of nitrogens with one attached hydrogen (secondary N) is 1. The Morgan fingerprint density at radius 3 is 2.85 bits per heavy atom. The van der Waals surface area contributed by atoms with Gasteiger partial charge in [0.05, 0.1) is 12.1 Å². The average molecular weight is 275 g/mol. The molecule has 1 fully saturated rings. The van der Waals surface area contributed by atoms with Crippen molar-refractivity contribution >= 4 is 5.91 Å². The molecule has 1 aliphatic rings. The van der Waals surface area contributed by atoms with E-state index in [9.17, 15) is 4.79 Å². The first kappa shape index (κ1) is 15.0. The zero-order valence-electron chi connectivity index (χ0n) is 12.3. The lowest BCUT2D eigenvalue weighted by atomic mass is 10.0. The van der Waals surface area contributed by atoms with Crippen LogP contribution < -0.4 is 5.32 Å². The van der Waals surface area contributed by atoms with E-state index in [0.717, 1.165) is 38.7 Å². The molecule has 0 saturated carbocycles. The second-order valence-electron chi connectivity index (χ2n) is 5.49. The Hall–Kier alpha value is -1.35. The Kier molecular flexibility index (Phi) is 6.06. The Labute approximate surface area is 121 Å². The molecule has 0 radical (unpaired) electrons. The molecule has 0 spiro atoms. The van der Waals surface area contributed by atoms with Gasteiger partial charge in [-0.1, -0.05) is 43.7 Å². The minimum Gasteiger partial charge on any atom is -0.378 e. The van der Waals surface area contributed by atoms with Crippen LogP contribution in [-0.4, -0.2) is 18.6 Å². The van der Waals surface area contributed by atoms with Crippen molar-refractivity contribution in [3.63, 3.8) is 0 Å². The van der Waals surface area contributed by atoms with E-state index in [-0.39, 0.29) is 11.9 Å². The molecule has 2 rings (SSSR count). The van der Waals surface area contributed by atoms with Gasteiger partial charge in [0.25, 0.3) is 0 Å². The summed E-state index contributed by atoms with van der Waals surface area (Å²) in [7, 11) is 0. The van der Waals surface area contributed by atoms with Gasteiger partial charge in [-0.2, -0.15) is 0 Å². The van der Waals surface area contributed by atoms with Crippen LogP contribution in [0.2, 0.25) is 0 Å². The van der Waals surface area contributed by atoms with Crippen LogP contribution >= 0.6 is 0 Å². The maximum Gasteiger partial charge on any atom is 0.220 e. The molecule has 0 aliphatic carbocycles. The minimum absolute atomic E-state index is 0.137. The van der Waals surface area contributed by atoms with Gasteiger partial charge in [-0.3, -0.25) is 4.79 Å². The highest BCUT2D eigenvalue weighted by Crippen LogP contribution is 2.20. The lowest BCUT2D eigenvalue weighted by Gasteiger charge is -2.19. The summed E-state index contributed by atoms with van der Waals surface area (Å²) in [6, 6.07) is 10.4. The zero-order chi connectivity index (χ0) is 14.2. The van der Waals surface area contributed by atoms with Crippen molar-refractivity contribution in [3.8, 4) is 0 Å². The molecule has 0 bridgehead atoms. The first-order valence-electron chi connectivity index (χ1n) is 7.75. The standard InChI is InChI=1S/C17H25NO2/c1-2-7-16(14-8-4-3-5-9-14)18-17(19)12-11-15-10-6-13-20-15/h3-5,8-9,15-16H,2,6-7,10-13H2,1H3,(H,18,19)/t15-,16?/m1/s1. The molecule has 1 heterocycles. The lowest BCUT2D eigenvalue weighted by molar-refractivity contribution is -0.122. The first-order chi connectivity index (χ1) is 9.79. The predicted molar refractivity (Wildman–Crippen MR) is 80.4 cm³/mol. The van der Waals surface area contributed by atoms with Gasteiger partial charge in [0.1, 0.15) is 0 Å². The smallest absolute Gasteiger partial charge is 0.220 e. The Bertz CT molecular complexity index is 399. The zero-order valence-corrected chi connectivity index (χ0v) is 12.3. The third-order valence-corrected chi connectivity index (χ3v) is 3.83. The van der Waals surface area contributed by atoms with Crippen LogP contribution in [0.15, 0.2) is 30.3 Å². The molecule has 1 aliphatic heterocycles. The highest BCUT2D eigenvalue weighted by molar-refractivity contribution is 5.76. The Morgan fingerprint density at radius 1 is 1.40 bits per heavy atom. The fourth-order valence-corrected chi connectivity index (χ4v) is 2.73. The molecule has 1 amide bonds. The van der Waals surface area contributed by atoms with Crippen LogP contribution in [0, 0.1) is 0 Å². The molecule has 1 aromatic rings. The van der Waals surface area contributed by atoms with E-state index in [0.29, 0.717) is 12.5 Å². The van der Waals surface area contributed by atoms with Crippen LogP contribution in [0.25, 0.3) is 0 Å². The highest BCUT2D eigenvalue weighted by Gasteiger charge is 2.18. The number of carbonyl (C=O) groups is 1. The molecular weight excluding hydrogens is 250 g/mol. The molecule has 0 aromatic heterocycles. The summed E-state index contributed by atoms with van der Waals surface area (Å²) in [4.78, 5) is 12.1. The van der Waals surface area contributed by atoms with Gasteiger partial charge in [0.2, 0.25) is 5.91 Å². The van der Waals surface area contributed by atoms with Gasteiger partial charge in [0, 0.05) is 13.0 Å². The summed E-state index contributed by atoms with van der Waals surface area (Å²) in [5.41, 5.74) is 1.19. The number of hydrogen-bond donors (Lipinski definition) is 1. The minimum atomic E-state index is 0.137. The summed E-state index contributed by atoms with van der Waals surface area (Å²) in [6.07, 6.45) is 5.99. The molecule has 3 nitrogen and oxygen atoms in total. The van der Waals surface area contributed by atoms with Gasteiger partial charge in [0.15, 0.2) is 0 Å². The molecule has 1 unspecified atom stereocenters. The topological polar surface area (TPSA) is 38.3 Å². The Balaban J connectivity index is 1.82. The predicted octanol–water partition coefficient (Wildman–Crippen LogP) is 3.60. The second kappa shape index (κ2) is 8.05. The third-order valence-electron chi connectivity index (χ3n) is 3.83. The average Bonchev–Trinajstić information content (AvgIpc) is 2.99. The van der Waals surface area contributed by atoms with Gasteiger partial charge in [-0.15, -0.1) is 0 Å². The van der Waals surface area contributed by atoms with Crippen molar-refractivity contribution < 1.29 is 9.53 Å². The number of rotatable bonds is 7. The van der Waals surface area contributed by atoms with Crippen molar-refractivity contribution in [3.05, 3.63) is 35.9 Å². The number of amides is 1. The molecule has 1 N–H and O–H groups in total. The monoisotopic (exact) mass is 275 g/mol. The van der Waals surface area contributed by atoms with E-state index in [1.165, 1.54) is 5.56 Å². The molecule has 2 atom stereocenters. The molecule has 1 saturated heterocycles. The van der Waals surface area contributed by atoms with Crippen molar-refractivity contribution in [2.45, 2.75) is 57.6 Å². The van der Waals surface area contributed by atoms with E-state index >= 15 is 0 Å². The quantitative estimate of drug-likeness (QED) is 0.825. The fraction of sp³-hybridized carbons (Fsp3) is 0.588. The molecule has 3 heteroatoms. The maximum atomic E-state index is 12.1. The number of ether oxygens (including phenoxy) is 1. The molecule has 110 valence electrons. The summed E-state index contributed by atoms with van der Waals surface area (Å²) in [6.45, 7) is 3.00. The number of benzene rings is 1. The SMILES string of the molecule is CCCC(NC(=O)CC[C@H]1CCCO1)c1ccccc1. The van der Waals surface area contributed by atoms with Gasteiger partial charge < -0.3 is 10.1 Å². The second-order valence-corrected chi connectivity index (χ2v) is 5.49. The number of hydrogen-bond acceptors (Lipinski definition) is 2. The van der Waals surface area contributed by atoms with E-state index < -0.39 is 0 Å². The van der Waals surface area contributed by atoms with Gasteiger partial charge in [-0.25, -0.2) is 0 Å². The summed E-state index contributed by atoms with van der Waals surface area (Å²) >= 11 is 0. The summed E-state index contributed by atoms with van der Waals surface area (Å²) in [5.74, 6) is 0.141. The van der Waals surface area contributed by atoms with Crippen LogP contribution in [0.5, 0.6) is 0 Å². The van der Waals surface area contributed by atoms with E-state index in [4.69, 9.17) is 4.74 Å². The lowest BCUT2D eigenvalue weighted by Crippen LogP contribution is -2.29. The largest absolute Gasteiger partial charge is 0.378 e. The van der Waals surface area contributed by atoms with E-state index in [1.54, 1.807) is 0 Å². The van der Waals surface area contributed by atoms with Gasteiger partial charge >= 0.3 is 0 Å². The van der Waals surface area contributed by atoms with E-state index in [2.05, 4.69) is 24.4 Å². The van der Waals surface area contributed by atoms with Crippen molar-refractivity contribution in [2.24, 2.45) is 0 Å². The summed E-state index contributed by atoms with van der Waals surface area (Å²) in [5, 5.41) is 3.16. The van der Waals surface area contributed by atoms with Crippen molar-refractivity contribution in [1.29, 1.82) is 0 Å². The van der Waals surface area contributed by atoms with Crippen LogP contribution in [-0.2, 0) is 9.53 Å². The van der Waals surface area contributed by atoms with Crippen LogP contribution in [0.3, 0.4) is 0 Å². The third kappa shape index (κ3) is 4.64. The molecule has 1 aromatic carbocycles. The van der Waals surface area contributed by atoms with Crippen molar-refractivity contribution in [2.75, 3.05) is 6.61 Å². The van der Waals surface area contributed by atoms with Crippen LogP contribution in [0.4, 0.5) is 0 Å². The van der Waals surface area contributed by atoms with E-state index in [1.807, 2.05) is 18.2 Å². The summed E-state index contributed by atoms with van der Waals surface area (Å²) < 4.78 is 5.56. The molecular formula is C17H25NO2. The molecule has 20 heavy (non-hydrogen) atoms. The Morgan fingerprint density at radius 2 is 2.20 bits per heavy atom. The normalized spacial score (nSPS) is 19.8. The fourth-order valence-electron chi connectivity index (χ4n) is 2.73. The van der Waals surface area contributed by atoms with Crippen molar-refractivity contribution in [1.82, 2.24) is 5.32 Å².